The van der Waals surface area contributed by atoms with E-state index in [0.717, 1.165) is 0 Å². The molecule has 208 valence electrons. The lowest BCUT2D eigenvalue weighted by atomic mass is 9.80. The standard InChI is InChI=1S/C25H29NO7.ClHO4/c1-2-21(27)26-24-22-17-5-3-7-19(22)32-15-13-30-11-9-29-10-12-31-14-16-33-20-8-4-6-18(23(20)24)25(17)28;2-1(3,4)5/h3-8,24H,2,9-16H2,1H3,(H,26,27);(H,2,3,4,5). The fourth-order valence-electron chi connectivity index (χ4n) is 4.00. The molecule has 2 aromatic rings. The molecule has 0 spiro atoms. The summed E-state index contributed by atoms with van der Waals surface area (Å²) in [5, 5.41) is 10.4. The van der Waals surface area contributed by atoms with E-state index in [-0.39, 0.29) is 11.7 Å². The third-order valence-electron chi connectivity index (χ3n) is 5.56. The number of aliphatic hydroxyl groups excluding tert-OH is 1. The molecule has 1 heterocycles. The van der Waals surface area contributed by atoms with E-state index in [4.69, 9.17) is 42.3 Å². The smallest absolute Gasteiger partial charge is 0.332 e. The lowest BCUT2D eigenvalue weighted by Gasteiger charge is -2.26. The number of carbonyl (C=O) groups is 1. The Balaban J connectivity index is 0.000000732. The predicted molar refractivity (Wildman–Crippen MR) is 120 cm³/mol. The molecule has 0 atom stereocenters. The molecular weight excluding hydrogens is 526 g/mol. The maximum absolute atomic E-state index is 13.4. The first-order valence-corrected chi connectivity index (χ1v) is 13.2. The van der Waals surface area contributed by atoms with Gasteiger partial charge in [-0.15, -0.1) is 10.2 Å². The van der Waals surface area contributed by atoms with Gasteiger partial charge in [0.2, 0.25) is 6.04 Å². The molecule has 0 unspecified atom stereocenters. The van der Waals surface area contributed by atoms with Crippen LogP contribution in [0.15, 0.2) is 36.4 Å². The van der Waals surface area contributed by atoms with Gasteiger partial charge in [0.15, 0.2) is 5.78 Å². The SMILES string of the molecule is CCC(O)=[NH+]C1c2c3cccc2C(=O)c2cccc(c21)OCCOCCOCCOCCO3.[O-][Cl+3]([O-])([O-])[O-]. The summed E-state index contributed by atoms with van der Waals surface area (Å²) < 4.78 is 62.7. The lowest BCUT2D eigenvalue weighted by Crippen LogP contribution is -2.75. The second-order valence-electron chi connectivity index (χ2n) is 8.05. The van der Waals surface area contributed by atoms with E-state index in [1.165, 1.54) is 0 Å². The summed E-state index contributed by atoms with van der Waals surface area (Å²) in [4.78, 5) is 16.6. The first-order valence-electron chi connectivity index (χ1n) is 11.9. The fourth-order valence-corrected chi connectivity index (χ4v) is 4.00. The highest BCUT2D eigenvalue weighted by molar-refractivity contribution is 6.13. The second kappa shape index (κ2) is 14.4. The summed E-state index contributed by atoms with van der Waals surface area (Å²) in [6.45, 7) is 5.11. The number of aliphatic hydroxyl groups is 1. The van der Waals surface area contributed by atoms with Gasteiger partial charge in [-0.05, 0) is 12.1 Å². The maximum Gasteiger partial charge on any atom is 0.332 e. The average molecular weight is 556 g/mol. The summed E-state index contributed by atoms with van der Waals surface area (Å²) in [5.41, 5.74) is 2.41. The first kappa shape index (κ1) is 29.7. The topological polar surface area (TPSA) is 190 Å². The Morgan fingerprint density at radius 2 is 1.21 bits per heavy atom. The highest BCUT2D eigenvalue weighted by Crippen LogP contribution is 2.42. The molecule has 1 aliphatic carbocycles. The van der Waals surface area contributed by atoms with E-state index in [9.17, 15) is 9.90 Å². The Hall–Kier alpha value is -2.81. The fraction of sp³-hybridized carbons (Fsp3) is 0.440. The van der Waals surface area contributed by atoms with Crippen LogP contribution in [0.5, 0.6) is 11.5 Å². The number of carbonyl (C=O) groups excluding carboxylic acids is 1. The van der Waals surface area contributed by atoms with Crippen LogP contribution < -0.4 is 33.1 Å². The molecule has 2 N–H and O–H groups in total. The van der Waals surface area contributed by atoms with Crippen LogP contribution in [0.2, 0.25) is 0 Å². The minimum absolute atomic E-state index is 0.107. The van der Waals surface area contributed by atoms with Gasteiger partial charge in [-0.3, -0.25) is 4.79 Å². The Bertz CT molecular complexity index is 1030. The van der Waals surface area contributed by atoms with Crippen molar-refractivity contribution in [1.29, 1.82) is 0 Å². The van der Waals surface area contributed by atoms with Crippen molar-refractivity contribution in [3.8, 4) is 11.5 Å². The molecule has 0 saturated carbocycles. The van der Waals surface area contributed by atoms with E-state index in [2.05, 4.69) is 4.99 Å². The summed E-state index contributed by atoms with van der Waals surface area (Å²) in [7, 11) is -4.94. The van der Waals surface area contributed by atoms with Crippen molar-refractivity contribution in [3.05, 3.63) is 58.7 Å². The van der Waals surface area contributed by atoms with E-state index < -0.39 is 16.3 Å². The van der Waals surface area contributed by atoms with Crippen LogP contribution in [0, 0.1) is 10.2 Å². The molecule has 2 aromatic carbocycles. The van der Waals surface area contributed by atoms with Crippen molar-refractivity contribution in [2.45, 2.75) is 19.4 Å². The van der Waals surface area contributed by atoms with Gasteiger partial charge < -0.3 is 28.8 Å². The molecule has 0 radical (unpaired) electrons. The number of hydrogen-bond acceptors (Lipinski definition) is 10. The molecular formula is C25H30ClNO11. The molecule has 12 nitrogen and oxygen atoms in total. The Kier molecular flexibility index (Phi) is 11.2. The van der Waals surface area contributed by atoms with Crippen LogP contribution >= 0.6 is 0 Å². The van der Waals surface area contributed by atoms with Crippen molar-refractivity contribution in [1.82, 2.24) is 0 Å². The van der Waals surface area contributed by atoms with Gasteiger partial charge >= 0.3 is 5.90 Å². The van der Waals surface area contributed by atoms with Crippen LogP contribution in [0.3, 0.4) is 0 Å². The monoisotopic (exact) mass is 555 g/mol. The van der Waals surface area contributed by atoms with Gasteiger partial charge in [0.05, 0.1) is 57.2 Å². The molecule has 1 aliphatic heterocycles. The second-order valence-corrected chi connectivity index (χ2v) is 8.81. The predicted octanol–water partition coefficient (Wildman–Crippen LogP) is -3.17. The minimum atomic E-state index is -4.94. The van der Waals surface area contributed by atoms with Gasteiger partial charge in [-0.25, -0.2) is 23.6 Å². The van der Waals surface area contributed by atoms with Gasteiger partial charge in [-0.1, -0.05) is 31.2 Å². The molecule has 2 bridgehead atoms. The number of benzene rings is 2. The number of hydrogen-bond donors (Lipinski definition) is 2. The first-order chi connectivity index (χ1) is 18.2. The van der Waals surface area contributed by atoms with Crippen molar-refractivity contribution < 1.29 is 67.5 Å². The number of ether oxygens (including phenoxy) is 5. The third-order valence-corrected chi connectivity index (χ3v) is 5.56. The van der Waals surface area contributed by atoms with Crippen LogP contribution in [-0.4, -0.2) is 69.6 Å². The summed E-state index contributed by atoms with van der Waals surface area (Å²) in [6.07, 6.45) is 0.422. The summed E-state index contributed by atoms with van der Waals surface area (Å²) in [6, 6.07) is 10.3. The zero-order chi connectivity index (χ0) is 27.5. The zero-order valence-electron chi connectivity index (χ0n) is 20.8. The van der Waals surface area contributed by atoms with Crippen molar-refractivity contribution >= 4 is 11.7 Å². The molecule has 4 rings (SSSR count). The van der Waals surface area contributed by atoms with Gasteiger partial charge in [0.1, 0.15) is 24.7 Å². The number of rotatable bonds is 2. The molecule has 13 heteroatoms. The Morgan fingerprint density at radius 3 is 1.61 bits per heavy atom. The quantitative estimate of drug-likeness (QED) is 0.281. The summed E-state index contributed by atoms with van der Waals surface area (Å²) >= 11 is 0. The maximum atomic E-state index is 13.4. The third kappa shape index (κ3) is 8.61. The Labute approximate surface area is 221 Å². The van der Waals surface area contributed by atoms with E-state index in [1.807, 2.05) is 19.1 Å². The number of ketones is 1. The van der Waals surface area contributed by atoms with Crippen LogP contribution in [0.1, 0.15) is 46.4 Å². The normalized spacial score (nSPS) is 17.7. The largest absolute Gasteiger partial charge is 0.491 e. The van der Waals surface area contributed by atoms with Crippen molar-refractivity contribution in [2.24, 2.45) is 0 Å². The van der Waals surface area contributed by atoms with Crippen LogP contribution in [-0.2, 0) is 14.2 Å². The Morgan fingerprint density at radius 1 is 0.816 bits per heavy atom. The summed E-state index contributed by atoms with van der Waals surface area (Å²) in [5.74, 6) is 1.13. The highest BCUT2D eigenvalue weighted by atomic mass is 35.7. The zero-order valence-corrected chi connectivity index (χ0v) is 21.6. The van der Waals surface area contributed by atoms with Gasteiger partial charge in [-0.2, -0.15) is 0 Å². The molecule has 0 aromatic heterocycles. The van der Waals surface area contributed by atoms with E-state index in [0.29, 0.717) is 93.0 Å². The van der Waals surface area contributed by atoms with Crippen molar-refractivity contribution in [2.75, 3.05) is 52.9 Å². The van der Waals surface area contributed by atoms with Gasteiger partial charge in [0, 0.05) is 11.1 Å². The lowest BCUT2D eigenvalue weighted by molar-refractivity contribution is -2.00. The highest BCUT2D eigenvalue weighted by Gasteiger charge is 2.39. The molecule has 0 fully saturated rings. The number of nitrogens with one attached hydrogen (secondary N) is 1. The minimum Gasteiger partial charge on any atom is -0.491 e. The molecule has 0 saturated heterocycles. The number of halogens is 1. The molecule has 38 heavy (non-hydrogen) atoms. The average Bonchev–Trinajstić information content (AvgIpc) is 2.87. The van der Waals surface area contributed by atoms with E-state index in [1.54, 1.807) is 24.3 Å². The van der Waals surface area contributed by atoms with Crippen molar-refractivity contribution in [3.63, 3.8) is 0 Å². The van der Waals surface area contributed by atoms with E-state index >= 15 is 0 Å². The molecule has 2 aliphatic rings. The van der Waals surface area contributed by atoms with Gasteiger partial charge in [0.25, 0.3) is 0 Å². The van der Waals surface area contributed by atoms with Crippen LogP contribution in [0.4, 0.5) is 0 Å². The molecule has 0 amide bonds. The van der Waals surface area contributed by atoms with Crippen LogP contribution in [0.25, 0.3) is 0 Å².